The summed E-state index contributed by atoms with van der Waals surface area (Å²) in [6.45, 7) is 1.71. The zero-order valence-corrected chi connectivity index (χ0v) is 22.0. The van der Waals surface area contributed by atoms with Crippen molar-refractivity contribution in [1.82, 2.24) is 14.7 Å². The molecule has 2 saturated heterocycles. The number of nitrogens with zero attached hydrogens (tertiary/aromatic N) is 3. The highest BCUT2D eigenvalue weighted by Crippen LogP contribution is 2.39. The van der Waals surface area contributed by atoms with Crippen molar-refractivity contribution in [3.63, 3.8) is 0 Å². The molecular formula is C29H41N3O5. The molecule has 3 heterocycles. The highest BCUT2D eigenvalue weighted by molar-refractivity contribution is 5.68. The van der Waals surface area contributed by atoms with Crippen molar-refractivity contribution in [2.75, 3.05) is 26.9 Å². The molecule has 1 N–H and O–H groups in total. The maximum atomic E-state index is 12.8. The molecule has 1 aromatic carbocycles. The van der Waals surface area contributed by atoms with E-state index in [2.05, 4.69) is 35.4 Å². The Morgan fingerprint density at radius 3 is 2.59 bits per heavy atom. The van der Waals surface area contributed by atoms with E-state index in [-0.39, 0.29) is 37.0 Å². The summed E-state index contributed by atoms with van der Waals surface area (Å²) in [5.41, 5.74) is 3.20. The second-order valence-corrected chi connectivity index (χ2v) is 10.7. The van der Waals surface area contributed by atoms with E-state index >= 15 is 0 Å². The van der Waals surface area contributed by atoms with Crippen molar-refractivity contribution in [1.29, 1.82) is 0 Å². The Kier molecular flexibility index (Phi) is 8.79. The van der Waals surface area contributed by atoms with Gasteiger partial charge in [-0.2, -0.15) is 5.10 Å². The SMILES string of the molecule is COC(=O)N1CCCC(c2c(CO)cnn2C2CCCCO2)C1COC1CCC(c2ccccc2)CC1. The third-order valence-corrected chi connectivity index (χ3v) is 8.50. The van der Waals surface area contributed by atoms with Gasteiger partial charge in [0, 0.05) is 24.6 Å². The van der Waals surface area contributed by atoms with Crippen molar-refractivity contribution in [2.24, 2.45) is 0 Å². The molecule has 2 aliphatic heterocycles. The van der Waals surface area contributed by atoms with Crippen LogP contribution in [0.3, 0.4) is 0 Å². The molecule has 1 aromatic heterocycles. The number of hydrogen-bond donors (Lipinski definition) is 1. The van der Waals surface area contributed by atoms with E-state index in [4.69, 9.17) is 14.2 Å². The number of aromatic nitrogens is 2. The number of ether oxygens (including phenoxy) is 3. The molecule has 1 saturated carbocycles. The Balaban J connectivity index is 1.32. The Bertz CT molecular complexity index is 998. The fraction of sp³-hybridized carbons (Fsp3) is 0.655. The van der Waals surface area contributed by atoms with E-state index in [1.54, 1.807) is 6.20 Å². The summed E-state index contributed by atoms with van der Waals surface area (Å²) < 4.78 is 19.8. The van der Waals surface area contributed by atoms with Gasteiger partial charge in [-0.05, 0) is 69.3 Å². The summed E-state index contributed by atoms with van der Waals surface area (Å²) in [5.74, 6) is 0.579. The number of methoxy groups -OCH3 is 1. The Labute approximate surface area is 219 Å². The molecular weight excluding hydrogens is 470 g/mol. The van der Waals surface area contributed by atoms with Crippen LogP contribution in [0.15, 0.2) is 36.5 Å². The van der Waals surface area contributed by atoms with E-state index in [9.17, 15) is 9.90 Å². The molecule has 1 amide bonds. The fourth-order valence-electron chi connectivity index (χ4n) is 6.53. The van der Waals surface area contributed by atoms with Gasteiger partial charge in [0.1, 0.15) is 6.23 Å². The molecule has 0 radical (unpaired) electrons. The minimum Gasteiger partial charge on any atom is -0.453 e. The number of amides is 1. The first-order valence-electron chi connectivity index (χ1n) is 14.0. The molecule has 1 aliphatic carbocycles. The largest absolute Gasteiger partial charge is 0.453 e. The van der Waals surface area contributed by atoms with Crippen molar-refractivity contribution in [3.05, 3.63) is 53.3 Å². The number of rotatable bonds is 7. The molecule has 5 rings (SSSR count). The van der Waals surface area contributed by atoms with Gasteiger partial charge < -0.3 is 24.2 Å². The third kappa shape index (κ3) is 5.86. The monoisotopic (exact) mass is 511 g/mol. The summed E-state index contributed by atoms with van der Waals surface area (Å²) in [4.78, 5) is 14.7. The number of benzene rings is 1. The first-order valence-corrected chi connectivity index (χ1v) is 14.0. The molecule has 0 bridgehead atoms. The van der Waals surface area contributed by atoms with E-state index in [1.807, 2.05) is 9.58 Å². The molecule has 3 unspecified atom stereocenters. The zero-order valence-electron chi connectivity index (χ0n) is 22.0. The second-order valence-electron chi connectivity index (χ2n) is 10.7. The minimum atomic E-state index is -0.323. The predicted octanol–water partition coefficient (Wildman–Crippen LogP) is 5.13. The summed E-state index contributed by atoms with van der Waals surface area (Å²) >= 11 is 0. The molecule has 8 heteroatoms. The van der Waals surface area contributed by atoms with Gasteiger partial charge in [0.25, 0.3) is 0 Å². The van der Waals surface area contributed by atoms with Crippen LogP contribution in [0.2, 0.25) is 0 Å². The van der Waals surface area contributed by atoms with Gasteiger partial charge in [0.2, 0.25) is 0 Å². The van der Waals surface area contributed by atoms with Crippen LogP contribution in [0.4, 0.5) is 4.79 Å². The minimum absolute atomic E-state index is 0.0105. The number of piperidine rings is 1. The van der Waals surface area contributed by atoms with E-state index in [0.717, 1.165) is 75.7 Å². The van der Waals surface area contributed by atoms with Gasteiger partial charge in [0.05, 0.1) is 44.4 Å². The van der Waals surface area contributed by atoms with Crippen LogP contribution < -0.4 is 0 Å². The van der Waals surface area contributed by atoms with Crippen LogP contribution in [0.5, 0.6) is 0 Å². The summed E-state index contributed by atoms with van der Waals surface area (Å²) in [5, 5.41) is 14.8. The normalized spacial score (nSPS) is 28.7. The quantitative estimate of drug-likeness (QED) is 0.555. The molecule has 2 aromatic rings. The molecule has 202 valence electrons. The average Bonchev–Trinajstić information content (AvgIpc) is 3.41. The first kappa shape index (κ1) is 26.2. The lowest BCUT2D eigenvalue weighted by Gasteiger charge is -2.42. The molecule has 37 heavy (non-hydrogen) atoms. The van der Waals surface area contributed by atoms with Crippen LogP contribution in [0, 0.1) is 0 Å². The van der Waals surface area contributed by atoms with Gasteiger partial charge >= 0.3 is 6.09 Å². The topological polar surface area (TPSA) is 86.1 Å². The Morgan fingerprint density at radius 1 is 1.08 bits per heavy atom. The molecule has 8 nitrogen and oxygen atoms in total. The number of aliphatic hydroxyl groups is 1. The molecule has 0 spiro atoms. The lowest BCUT2D eigenvalue weighted by atomic mass is 9.82. The Morgan fingerprint density at radius 2 is 1.89 bits per heavy atom. The summed E-state index contributed by atoms with van der Waals surface area (Å²) in [6.07, 6.45) is 10.6. The fourth-order valence-corrected chi connectivity index (χ4v) is 6.53. The summed E-state index contributed by atoms with van der Waals surface area (Å²) in [6, 6.07) is 10.6. The number of likely N-dealkylation sites (tertiary alicyclic amines) is 1. The van der Waals surface area contributed by atoms with Crippen molar-refractivity contribution >= 4 is 6.09 Å². The van der Waals surface area contributed by atoms with Crippen LogP contribution in [0.25, 0.3) is 0 Å². The van der Waals surface area contributed by atoms with Crippen LogP contribution >= 0.6 is 0 Å². The van der Waals surface area contributed by atoms with Gasteiger partial charge in [0.15, 0.2) is 0 Å². The first-order chi connectivity index (χ1) is 18.2. The van der Waals surface area contributed by atoms with Gasteiger partial charge in [-0.25, -0.2) is 9.48 Å². The third-order valence-electron chi connectivity index (χ3n) is 8.50. The Hall–Kier alpha value is -2.42. The highest BCUT2D eigenvalue weighted by atomic mass is 16.5. The van der Waals surface area contributed by atoms with E-state index < -0.39 is 0 Å². The van der Waals surface area contributed by atoms with Crippen molar-refractivity contribution < 1.29 is 24.1 Å². The standard InChI is InChI=1S/C29H41N3O5/c1-35-29(34)31-16-7-10-25(28-23(19-33)18-30-32(28)27-11-5-6-17-36-27)26(31)20-37-24-14-12-22(13-15-24)21-8-3-2-4-9-21/h2-4,8-9,18,22,24-27,33H,5-7,10-17,19-20H2,1H3. The van der Waals surface area contributed by atoms with Crippen molar-refractivity contribution in [2.45, 2.75) is 94.6 Å². The van der Waals surface area contributed by atoms with Crippen molar-refractivity contribution in [3.8, 4) is 0 Å². The van der Waals surface area contributed by atoms with Crippen LogP contribution in [0.1, 0.15) is 92.7 Å². The molecule has 3 aliphatic rings. The zero-order chi connectivity index (χ0) is 25.6. The highest BCUT2D eigenvalue weighted by Gasteiger charge is 2.40. The maximum Gasteiger partial charge on any atom is 0.409 e. The number of aliphatic hydroxyl groups excluding tert-OH is 1. The second kappa shape index (κ2) is 12.4. The smallest absolute Gasteiger partial charge is 0.409 e. The predicted molar refractivity (Wildman–Crippen MR) is 139 cm³/mol. The van der Waals surface area contributed by atoms with E-state index in [1.165, 1.54) is 12.7 Å². The number of hydrogen-bond acceptors (Lipinski definition) is 6. The molecule has 3 atom stereocenters. The van der Waals surface area contributed by atoms with Crippen LogP contribution in [-0.4, -0.2) is 64.9 Å². The summed E-state index contributed by atoms with van der Waals surface area (Å²) in [7, 11) is 1.44. The number of carbonyl (C=O) groups is 1. The van der Waals surface area contributed by atoms with Gasteiger partial charge in [-0.15, -0.1) is 0 Å². The van der Waals surface area contributed by atoms with Gasteiger partial charge in [-0.1, -0.05) is 30.3 Å². The van der Waals surface area contributed by atoms with Gasteiger partial charge in [-0.3, -0.25) is 0 Å². The molecule has 3 fully saturated rings. The lowest BCUT2D eigenvalue weighted by Crippen LogP contribution is -2.51. The van der Waals surface area contributed by atoms with E-state index in [0.29, 0.717) is 19.1 Å². The maximum absolute atomic E-state index is 12.8. The lowest BCUT2D eigenvalue weighted by molar-refractivity contribution is -0.0469. The average molecular weight is 512 g/mol. The van der Waals surface area contributed by atoms with Crippen LogP contribution in [-0.2, 0) is 20.8 Å². The number of carbonyl (C=O) groups excluding carboxylic acids is 1.